The lowest BCUT2D eigenvalue weighted by molar-refractivity contribution is -0.125. The van der Waals surface area contributed by atoms with Gasteiger partial charge in [0, 0.05) is 23.3 Å². The smallest absolute Gasteiger partial charge is 0.225 e. The van der Waals surface area contributed by atoms with Crippen molar-refractivity contribution < 1.29 is 18.7 Å². The van der Waals surface area contributed by atoms with Gasteiger partial charge in [-0.3, -0.25) is 4.79 Å². The second-order valence-electron chi connectivity index (χ2n) is 8.79. The van der Waals surface area contributed by atoms with E-state index >= 15 is 0 Å². The summed E-state index contributed by atoms with van der Waals surface area (Å²) in [6, 6.07) is 9.66. The molecule has 1 N–H and O–H groups in total. The van der Waals surface area contributed by atoms with Crippen LogP contribution in [0.15, 0.2) is 48.8 Å². The highest BCUT2D eigenvalue weighted by molar-refractivity contribution is 6.31. The zero-order valence-corrected chi connectivity index (χ0v) is 20.6. The normalized spacial score (nSPS) is 16.3. The first-order valence-electron chi connectivity index (χ1n) is 11.7. The molecule has 5 rings (SSSR count). The van der Waals surface area contributed by atoms with Gasteiger partial charge in [0.25, 0.3) is 0 Å². The molecule has 0 spiro atoms. The third-order valence-corrected chi connectivity index (χ3v) is 6.57. The molecule has 1 aliphatic rings. The van der Waals surface area contributed by atoms with Crippen LogP contribution in [0.1, 0.15) is 36.2 Å². The van der Waals surface area contributed by atoms with Crippen LogP contribution in [0.3, 0.4) is 0 Å². The van der Waals surface area contributed by atoms with Gasteiger partial charge in [-0.15, -0.1) is 0 Å². The molecule has 10 heteroatoms. The number of rotatable bonds is 7. The molecule has 2 aromatic carbocycles. The Hall–Kier alpha value is -3.56. The van der Waals surface area contributed by atoms with E-state index in [0.29, 0.717) is 42.0 Å². The molecule has 0 radical (unpaired) electrons. The minimum atomic E-state index is -0.483. The van der Waals surface area contributed by atoms with E-state index in [0.717, 1.165) is 16.8 Å². The molecule has 1 amide bonds. The minimum absolute atomic E-state index is 0.0608. The number of carbonyl (C=O) groups is 1. The Bertz CT molecular complexity index is 1410. The van der Waals surface area contributed by atoms with E-state index in [4.69, 9.17) is 21.1 Å². The van der Waals surface area contributed by atoms with E-state index in [-0.39, 0.29) is 23.5 Å². The second kappa shape index (κ2) is 10.2. The molecule has 1 saturated heterocycles. The fourth-order valence-electron chi connectivity index (χ4n) is 4.41. The summed E-state index contributed by atoms with van der Waals surface area (Å²) in [5.41, 5.74) is 3.34. The summed E-state index contributed by atoms with van der Waals surface area (Å²) in [5.74, 6) is -0.279. The molecule has 186 valence electrons. The number of hydrogen-bond acceptors (Lipinski definition) is 6. The van der Waals surface area contributed by atoms with Crippen LogP contribution in [-0.4, -0.2) is 39.1 Å². The first-order chi connectivity index (χ1) is 17.4. The lowest BCUT2D eigenvalue weighted by Gasteiger charge is -2.21. The minimum Gasteiger partial charge on any atom is -0.487 e. The topological polar surface area (TPSA) is 91.2 Å². The maximum atomic E-state index is 14.3. The Kier molecular flexibility index (Phi) is 6.84. The number of nitrogens with zero attached hydrogens (tertiary/aromatic N) is 4. The molecule has 1 fully saturated rings. The molecule has 36 heavy (non-hydrogen) atoms. The molecule has 1 aliphatic heterocycles. The van der Waals surface area contributed by atoms with Crippen molar-refractivity contribution in [2.24, 2.45) is 5.92 Å². The largest absolute Gasteiger partial charge is 0.487 e. The summed E-state index contributed by atoms with van der Waals surface area (Å²) in [5, 5.41) is 12.5. The van der Waals surface area contributed by atoms with Gasteiger partial charge in [0.1, 0.15) is 23.7 Å². The van der Waals surface area contributed by atoms with E-state index in [1.165, 1.54) is 16.9 Å². The van der Waals surface area contributed by atoms with Crippen molar-refractivity contribution in [2.45, 2.75) is 32.9 Å². The molecule has 2 atom stereocenters. The van der Waals surface area contributed by atoms with Crippen LogP contribution in [0.25, 0.3) is 16.6 Å². The van der Waals surface area contributed by atoms with E-state index in [1.54, 1.807) is 19.3 Å². The maximum absolute atomic E-state index is 14.3. The first kappa shape index (κ1) is 24.1. The number of ether oxygens (including phenoxy) is 2. The van der Waals surface area contributed by atoms with Gasteiger partial charge in [0.2, 0.25) is 5.91 Å². The van der Waals surface area contributed by atoms with E-state index in [1.807, 2.05) is 31.2 Å². The number of benzene rings is 2. The lowest BCUT2D eigenvalue weighted by atomic mass is 10.00. The van der Waals surface area contributed by atoms with Crippen LogP contribution in [0.2, 0.25) is 5.02 Å². The van der Waals surface area contributed by atoms with Crippen LogP contribution in [0.4, 0.5) is 4.39 Å². The molecular formula is C26H25ClFN5O3. The number of fused-ring (bicyclic) bond motifs is 1. The predicted octanol–water partition coefficient (Wildman–Crippen LogP) is 4.71. The van der Waals surface area contributed by atoms with Crippen molar-refractivity contribution in [3.8, 4) is 11.4 Å². The average Bonchev–Trinajstić information content (AvgIpc) is 3.57. The van der Waals surface area contributed by atoms with Crippen molar-refractivity contribution in [1.82, 2.24) is 25.3 Å². The molecule has 2 aromatic heterocycles. The van der Waals surface area contributed by atoms with E-state index in [2.05, 4.69) is 20.5 Å². The molecule has 4 aromatic rings. The molecule has 0 unspecified atom stereocenters. The zero-order chi connectivity index (χ0) is 25.2. The number of hydrogen-bond donors (Lipinski definition) is 1. The first-order valence-corrected chi connectivity index (χ1v) is 12.0. The van der Waals surface area contributed by atoms with E-state index < -0.39 is 11.9 Å². The molecule has 0 aliphatic carbocycles. The van der Waals surface area contributed by atoms with Gasteiger partial charge in [-0.25, -0.2) is 9.37 Å². The van der Waals surface area contributed by atoms with Crippen molar-refractivity contribution in [3.05, 3.63) is 76.5 Å². The standard InChI is InChI=1S/C26H25ClFN5O3/c1-15-10-23(33-29-7-8-30-33)19-4-3-5-24(25(19)31-15)36-14-21-20(11-18(28)12-22(21)27)16(2)32-26(34)17-6-9-35-13-17/h3-5,7-8,10-12,16-17H,6,9,13-14H2,1-2H3,(H,32,34)/t16-,17-/m0/s1. The highest BCUT2D eigenvalue weighted by atomic mass is 35.5. The monoisotopic (exact) mass is 509 g/mol. The number of nitrogens with one attached hydrogen (secondary N) is 1. The predicted molar refractivity (Wildman–Crippen MR) is 133 cm³/mol. The summed E-state index contributed by atoms with van der Waals surface area (Å²) in [4.78, 5) is 18.8. The molecular weight excluding hydrogens is 485 g/mol. The average molecular weight is 510 g/mol. The fraction of sp³-hybridized carbons (Fsp3) is 0.308. The van der Waals surface area contributed by atoms with Crippen LogP contribution in [0.5, 0.6) is 5.75 Å². The van der Waals surface area contributed by atoms with Crippen molar-refractivity contribution in [3.63, 3.8) is 0 Å². The van der Waals surface area contributed by atoms with Crippen LogP contribution >= 0.6 is 11.6 Å². The van der Waals surface area contributed by atoms with Gasteiger partial charge in [-0.2, -0.15) is 15.0 Å². The summed E-state index contributed by atoms with van der Waals surface area (Å²) in [6.45, 7) is 4.70. The SMILES string of the molecule is Cc1cc(-n2nccn2)c2cccc(OCc3c(Cl)cc(F)cc3[C@H](C)NC(=O)[C@H]3CCOC3)c2n1. The summed E-state index contributed by atoms with van der Waals surface area (Å²) < 4.78 is 25.8. The number of aromatic nitrogens is 4. The second-order valence-corrected chi connectivity index (χ2v) is 9.20. The maximum Gasteiger partial charge on any atom is 0.225 e. The van der Waals surface area contributed by atoms with Crippen LogP contribution in [0, 0.1) is 18.7 Å². The Labute approximate surface area is 212 Å². The van der Waals surface area contributed by atoms with Gasteiger partial charge in [0.05, 0.1) is 41.7 Å². The number of halogens is 2. The van der Waals surface area contributed by atoms with Gasteiger partial charge in [-0.1, -0.05) is 23.7 Å². The lowest BCUT2D eigenvalue weighted by Crippen LogP contribution is -2.33. The number of para-hydroxylation sites is 1. The fourth-order valence-corrected chi connectivity index (χ4v) is 4.68. The molecule has 0 bridgehead atoms. The molecule has 3 heterocycles. The zero-order valence-electron chi connectivity index (χ0n) is 19.9. The molecule has 0 saturated carbocycles. The number of carbonyl (C=O) groups excluding carboxylic acids is 1. The Morgan fingerprint density at radius 1 is 1.31 bits per heavy atom. The third-order valence-electron chi connectivity index (χ3n) is 6.24. The van der Waals surface area contributed by atoms with Crippen molar-refractivity contribution in [2.75, 3.05) is 13.2 Å². The highest BCUT2D eigenvalue weighted by Crippen LogP contribution is 2.32. The van der Waals surface area contributed by atoms with Gasteiger partial charge in [-0.05, 0) is 50.1 Å². The Morgan fingerprint density at radius 2 is 2.11 bits per heavy atom. The summed E-state index contributed by atoms with van der Waals surface area (Å²) >= 11 is 6.46. The Balaban J connectivity index is 1.44. The number of amides is 1. The van der Waals surface area contributed by atoms with Crippen LogP contribution in [-0.2, 0) is 16.1 Å². The van der Waals surface area contributed by atoms with Gasteiger partial charge >= 0.3 is 0 Å². The third kappa shape index (κ3) is 4.89. The molecule has 8 nitrogen and oxygen atoms in total. The van der Waals surface area contributed by atoms with Gasteiger partial charge < -0.3 is 14.8 Å². The highest BCUT2D eigenvalue weighted by Gasteiger charge is 2.26. The quantitative estimate of drug-likeness (QED) is 0.388. The van der Waals surface area contributed by atoms with Crippen LogP contribution < -0.4 is 10.1 Å². The van der Waals surface area contributed by atoms with Gasteiger partial charge in [0.15, 0.2) is 0 Å². The number of aryl methyl sites for hydroxylation is 1. The number of pyridine rings is 1. The Morgan fingerprint density at radius 3 is 2.86 bits per heavy atom. The van der Waals surface area contributed by atoms with Crippen molar-refractivity contribution >= 4 is 28.4 Å². The summed E-state index contributed by atoms with van der Waals surface area (Å²) in [6.07, 6.45) is 3.89. The van der Waals surface area contributed by atoms with Crippen molar-refractivity contribution in [1.29, 1.82) is 0 Å². The van der Waals surface area contributed by atoms with E-state index in [9.17, 15) is 9.18 Å². The summed E-state index contributed by atoms with van der Waals surface area (Å²) in [7, 11) is 0.